The molecule has 1 aliphatic carbocycles. The van der Waals surface area contributed by atoms with Gasteiger partial charge >= 0.3 is 0 Å². The number of nitrogens with one attached hydrogen (secondary N) is 2. The van der Waals surface area contributed by atoms with Gasteiger partial charge in [0, 0.05) is 12.7 Å². The van der Waals surface area contributed by atoms with Gasteiger partial charge in [0.1, 0.15) is 11.6 Å². The highest BCUT2D eigenvalue weighted by atomic mass is 16.1. The van der Waals surface area contributed by atoms with Crippen LogP contribution in [0, 0.1) is 22.7 Å². The number of carbonyl (C=O) groups is 1. The van der Waals surface area contributed by atoms with E-state index in [4.69, 9.17) is 5.26 Å². The van der Waals surface area contributed by atoms with Crippen molar-refractivity contribution in [3.8, 4) is 12.1 Å². The van der Waals surface area contributed by atoms with Crippen LogP contribution in [0.25, 0.3) is 0 Å². The third kappa shape index (κ3) is 5.09. The molecule has 0 spiro atoms. The highest BCUT2D eigenvalue weighted by Crippen LogP contribution is 2.26. The molecular weight excluding hydrogens is 312 g/mol. The zero-order chi connectivity index (χ0) is 18.1. The number of aryl methyl sites for hydroxylation is 2. The van der Waals surface area contributed by atoms with Crippen LogP contribution in [0.2, 0.25) is 0 Å². The molecule has 1 aromatic rings. The van der Waals surface area contributed by atoms with Gasteiger partial charge in [0.05, 0.1) is 18.5 Å². The van der Waals surface area contributed by atoms with Gasteiger partial charge in [-0.25, -0.2) is 0 Å². The minimum absolute atomic E-state index is 0.0225. The fraction of sp³-hybridized carbons (Fsp3) is 0.450. The first kappa shape index (κ1) is 18.5. The topological polar surface area (TPSA) is 88.7 Å². The lowest BCUT2D eigenvalue weighted by atomic mass is 9.88. The van der Waals surface area contributed by atoms with E-state index in [1.807, 2.05) is 19.1 Å². The van der Waals surface area contributed by atoms with Crippen molar-refractivity contribution in [3.63, 3.8) is 0 Å². The number of carbonyl (C=O) groups excluding carboxylic acids is 1. The van der Waals surface area contributed by atoms with E-state index in [1.165, 1.54) is 30.2 Å². The van der Waals surface area contributed by atoms with Gasteiger partial charge in [-0.3, -0.25) is 4.79 Å². The number of hydrogen-bond acceptors (Lipinski definition) is 4. The van der Waals surface area contributed by atoms with Gasteiger partial charge < -0.3 is 10.6 Å². The summed E-state index contributed by atoms with van der Waals surface area (Å²) in [5.41, 5.74) is 3.90. The Balaban J connectivity index is 2.06. The Morgan fingerprint density at radius 2 is 2.04 bits per heavy atom. The first-order chi connectivity index (χ1) is 12.2. The Labute approximate surface area is 149 Å². The molecule has 130 valence electrons. The highest BCUT2D eigenvalue weighted by molar-refractivity contribution is 5.97. The maximum absolute atomic E-state index is 12.4. The monoisotopic (exact) mass is 336 g/mol. The minimum atomic E-state index is -0.392. The molecule has 0 aromatic heterocycles. The number of fused-ring (bicyclic) bond motifs is 1. The second-order valence-electron chi connectivity index (χ2n) is 6.20. The molecule has 0 bridgehead atoms. The minimum Gasteiger partial charge on any atom is -0.389 e. The zero-order valence-corrected chi connectivity index (χ0v) is 14.6. The fourth-order valence-corrected chi connectivity index (χ4v) is 3.08. The highest BCUT2D eigenvalue weighted by Gasteiger charge is 2.18. The van der Waals surface area contributed by atoms with E-state index in [1.54, 1.807) is 0 Å². The van der Waals surface area contributed by atoms with E-state index in [9.17, 15) is 10.1 Å². The number of hydrogen-bond donors (Lipinski definition) is 2. The molecule has 0 saturated heterocycles. The standard InChI is InChI=1S/C20H24N4O/c1-2-19(17-9-8-15-6-3-4-7-16(15)12-17)24-20(25)18(13-22)14-23-11-5-10-21/h8-9,12,14,19,23H,2-7,11H2,1H3,(H,24,25)/b18-14-. The van der Waals surface area contributed by atoms with Crippen molar-refractivity contribution >= 4 is 5.91 Å². The summed E-state index contributed by atoms with van der Waals surface area (Å²) in [6.07, 6.45) is 7.15. The molecule has 0 aliphatic heterocycles. The van der Waals surface area contributed by atoms with Gasteiger partial charge in [-0.15, -0.1) is 0 Å². The van der Waals surface area contributed by atoms with E-state index in [2.05, 4.69) is 28.8 Å². The summed E-state index contributed by atoms with van der Waals surface area (Å²) in [6, 6.07) is 10.3. The Hall–Kier alpha value is -2.79. The van der Waals surface area contributed by atoms with Gasteiger partial charge in [-0.05, 0) is 48.8 Å². The Morgan fingerprint density at radius 1 is 1.28 bits per heavy atom. The molecule has 0 heterocycles. The van der Waals surface area contributed by atoms with Crippen molar-refractivity contribution in [3.05, 3.63) is 46.7 Å². The summed E-state index contributed by atoms with van der Waals surface area (Å²) in [5, 5.41) is 23.5. The smallest absolute Gasteiger partial charge is 0.263 e. The van der Waals surface area contributed by atoms with E-state index < -0.39 is 5.91 Å². The van der Waals surface area contributed by atoms with Gasteiger partial charge in [-0.1, -0.05) is 25.1 Å². The quantitative estimate of drug-likeness (QED) is 0.455. The maximum Gasteiger partial charge on any atom is 0.263 e. The molecule has 0 fully saturated rings. The first-order valence-electron chi connectivity index (χ1n) is 8.82. The second kappa shape index (κ2) is 9.49. The number of amides is 1. The summed E-state index contributed by atoms with van der Waals surface area (Å²) in [6.45, 7) is 2.43. The van der Waals surface area contributed by atoms with Gasteiger partial charge in [0.25, 0.3) is 5.91 Å². The van der Waals surface area contributed by atoms with E-state index in [0.29, 0.717) is 13.0 Å². The normalized spacial score (nSPS) is 14.6. The molecule has 0 radical (unpaired) electrons. The summed E-state index contributed by atoms with van der Waals surface area (Å²) in [4.78, 5) is 12.4. The molecule has 1 unspecified atom stereocenters. The van der Waals surface area contributed by atoms with Gasteiger partial charge in [-0.2, -0.15) is 10.5 Å². The van der Waals surface area contributed by atoms with Crippen molar-refractivity contribution in [1.82, 2.24) is 10.6 Å². The summed E-state index contributed by atoms with van der Waals surface area (Å²) >= 11 is 0. The lowest BCUT2D eigenvalue weighted by Crippen LogP contribution is -2.30. The molecular formula is C20H24N4O. The van der Waals surface area contributed by atoms with Crippen LogP contribution in [0.3, 0.4) is 0 Å². The third-order valence-corrected chi connectivity index (χ3v) is 4.48. The molecule has 0 saturated carbocycles. The van der Waals surface area contributed by atoms with Crippen LogP contribution in [-0.4, -0.2) is 12.5 Å². The van der Waals surface area contributed by atoms with Crippen molar-refractivity contribution < 1.29 is 4.79 Å². The first-order valence-corrected chi connectivity index (χ1v) is 8.82. The van der Waals surface area contributed by atoms with Crippen LogP contribution in [0.1, 0.15) is 55.3 Å². The number of benzene rings is 1. The maximum atomic E-state index is 12.4. The van der Waals surface area contributed by atoms with E-state index >= 15 is 0 Å². The van der Waals surface area contributed by atoms with Crippen LogP contribution < -0.4 is 10.6 Å². The Bertz CT molecular complexity index is 724. The molecule has 2 rings (SSSR count). The SMILES string of the molecule is CCC(NC(=O)/C(C#N)=C\NCCC#N)c1ccc2c(c1)CCCC2. The summed E-state index contributed by atoms with van der Waals surface area (Å²) in [5.74, 6) is -0.392. The predicted octanol–water partition coefficient (Wildman–Crippen LogP) is 3.04. The van der Waals surface area contributed by atoms with Gasteiger partial charge in [0.15, 0.2) is 0 Å². The van der Waals surface area contributed by atoms with E-state index in [0.717, 1.165) is 24.8 Å². The van der Waals surface area contributed by atoms with Crippen LogP contribution in [0.15, 0.2) is 30.0 Å². The summed E-state index contributed by atoms with van der Waals surface area (Å²) in [7, 11) is 0. The number of rotatable bonds is 7. The summed E-state index contributed by atoms with van der Waals surface area (Å²) < 4.78 is 0. The van der Waals surface area contributed by atoms with Crippen molar-refractivity contribution in [2.75, 3.05) is 6.54 Å². The molecule has 1 aliphatic rings. The molecule has 2 N–H and O–H groups in total. The van der Waals surface area contributed by atoms with Crippen LogP contribution in [0.5, 0.6) is 0 Å². The Kier molecular flexibility index (Phi) is 7.04. The zero-order valence-electron chi connectivity index (χ0n) is 14.6. The lowest BCUT2D eigenvalue weighted by Gasteiger charge is -2.21. The molecule has 1 amide bonds. The lowest BCUT2D eigenvalue weighted by molar-refractivity contribution is -0.117. The number of nitriles is 2. The van der Waals surface area contributed by atoms with Crippen LogP contribution >= 0.6 is 0 Å². The molecule has 1 aromatic carbocycles. The molecule has 5 heteroatoms. The Morgan fingerprint density at radius 3 is 2.72 bits per heavy atom. The van der Waals surface area contributed by atoms with E-state index in [-0.39, 0.29) is 11.6 Å². The predicted molar refractivity (Wildman–Crippen MR) is 96.2 cm³/mol. The molecule has 25 heavy (non-hydrogen) atoms. The molecule has 5 nitrogen and oxygen atoms in total. The van der Waals surface area contributed by atoms with Crippen LogP contribution in [-0.2, 0) is 17.6 Å². The average molecular weight is 336 g/mol. The van der Waals surface area contributed by atoms with Crippen LogP contribution in [0.4, 0.5) is 0 Å². The van der Waals surface area contributed by atoms with Gasteiger partial charge in [0.2, 0.25) is 0 Å². The van der Waals surface area contributed by atoms with Crippen molar-refractivity contribution in [2.45, 2.75) is 51.5 Å². The third-order valence-electron chi connectivity index (χ3n) is 4.48. The number of nitrogens with zero attached hydrogens (tertiary/aromatic N) is 2. The second-order valence-corrected chi connectivity index (χ2v) is 6.20. The fourth-order valence-electron chi connectivity index (χ4n) is 3.08. The molecule has 1 atom stereocenters. The largest absolute Gasteiger partial charge is 0.389 e. The van der Waals surface area contributed by atoms with Crippen molar-refractivity contribution in [2.24, 2.45) is 0 Å². The van der Waals surface area contributed by atoms with Crippen molar-refractivity contribution in [1.29, 1.82) is 10.5 Å². The average Bonchev–Trinajstić information content (AvgIpc) is 2.65.